The van der Waals surface area contributed by atoms with Gasteiger partial charge in [0.2, 0.25) is 0 Å². The summed E-state index contributed by atoms with van der Waals surface area (Å²) < 4.78 is 10.7. The first-order chi connectivity index (χ1) is 9.30. The van der Waals surface area contributed by atoms with E-state index in [9.17, 15) is 5.11 Å². The van der Waals surface area contributed by atoms with Crippen LogP contribution in [-0.4, -0.2) is 51.6 Å². The number of methoxy groups -OCH3 is 2. The fourth-order valence-electron chi connectivity index (χ4n) is 2.44. The maximum Gasteiger partial charge on any atom is 0.145 e. The van der Waals surface area contributed by atoms with Crippen molar-refractivity contribution in [2.24, 2.45) is 0 Å². The Labute approximate surface area is 114 Å². The second-order valence-electron chi connectivity index (χ2n) is 4.63. The van der Waals surface area contributed by atoms with E-state index in [1.807, 2.05) is 18.2 Å². The Hall–Kier alpha value is -1.46. The number of hydrogen-bond acceptors (Lipinski definition) is 5. The highest BCUT2D eigenvalue weighted by Crippen LogP contribution is 2.33. The van der Waals surface area contributed by atoms with Gasteiger partial charge in [-0.15, -0.1) is 0 Å². The predicted molar refractivity (Wildman–Crippen MR) is 75.3 cm³/mol. The van der Waals surface area contributed by atoms with Gasteiger partial charge in [0.15, 0.2) is 0 Å². The van der Waals surface area contributed by atoms with Crippen molar-refractivity contribution < 1.29 is 14.6 Å². The number of benzene rings is 1. The lowest BCUT2D eigenvalue weighted by molar-refractivity contribution is 0.259. The maximum atomic E-state index is 9.56. The fraction of sp³-hybridized carbons (Fsp3) is 0.571. The first-order valence-electron chi connectivity index (χ1n) is 6.60. The molecule has 106 valence electrons. The van der Waals surface area contributed by atoms with E-state index in [0.29, 0.717) is 0 Å². The van der Waals surface area contributed by atoms with Gasteiger partial charge in [0, 0.05) is 19.2 Å². The molecule has 1 heterocycles. The van der Waals surface area contributed by atoms with Crippen molar-refractivity contribution in [3.63, 3.8) is 0 Å². The number of ether oxygens (including phenoxy) is 2. The van der Waals surface area contributed by atoms with Crippen LogP contribution in [0.15, 0.2) is 18.2 Å². The van der Waals surface area contributed by atoms with Crippen LogP contribution in [0.25, 0.3) is 0 Å². The lowest BCUT2D eigenvalue weighted by Gasteiger charge is -2.31. The Balaban J connectivity index is 2.31. The standard InChI is InChI=1S/C14H22N2O3/c1-18-12-4-5-13(14(8-12)19-2)16-7-3-6-15-9-11(16)10-17/h4-5,8,11,15,17H,3,6-7,9-10H2,1-2H3. The lowest BCUT2D eigenvalue weighted by atomic mass is 10.2. The Bertz CT molecular complexity index is 412. The van der Waals surface area contributed by atoms with Crippen LogP contribution in [0.1, 0.15) is 6.42 Å². The van der Waals surface area contributed by atoms with Crippen LogP contribution in [0.2, 0.25) is 0 Å². The SMILES string of the molecule is COc1ccc(N2CCCNCC2CO)c(OC)c1. The Kier molecular flexibility index (Phi) is 4.87. The third-order valence-electron chi connectivity index (χ3n) is 3.48. The van der Waals surface area contributed by atoms with E-state index in [4.69, 9.17) is 9.47 Å². The van der Waals surface area contributed by atoms with Gasteiger partial charge in [0.1, 0.15) is 11.5 Å². The molecule has 0 spiro atoms. The molecule has 19 heavy (non-hydrogen) atoms. The molecule has 0 aliphatic carbocycles. The number of nitrogens with zero attached hydrogens (tertiary/aromatic N) is 1. The van der Waals surface area contributed by atoms with Crippen LogP contribution < -0.4 is 19.7 Å². The monoisotopic (exact) mass is 266 g/mol. The van der Waals surface area contributed by atoms with E-state index < -0.39 is 0 Å². The highest BCUT2D eigenvalue weighted by atomic mass is 16.5. The molecule has 1 unspecified atom stereocenters. The van der Waals surface area contributed by atoms with Crippen molar-refractivity contribution in [2.75, 3.05) is 45.4 Å². The van der Waals surface area contributed by atoms with Crippen molar-refractivity contribution in [3.8, 4) is 11.5 Å². The third kappa shape index (κ3) is 3.11. The van der Waals surface area contributed by atoms with E-state index in [0.717, 1.165) is 43.2 Å². The Morgan fingerprint density at radius 3 is 2.89 bits per heavy atom. The van der Waals surface area contributed by atoms with Crippen LogP contribution in [0.5, 0.6) is 11.5 Å². The number of anilines is 1. The van der Waals surface area contributed by atoms with Crippen molar-refractivity contribution >= 4 is 5.69 Å². The number of nitrogens with one attached hydrogen (secondary N) is 1. The summed E-state index contributed by atoms with van der Waals surface area (Å²) in [7, 11) is 3.29. The van der Waals surface area contributed by atoms with E-state index in [-0.39, 0.29) is 12.6 Å². The van der Waals surface area contributed by atoms with Crippen LogP contribution >= 0.6 is 0 Å². The van der Waals surface area contributed by atoms with Crippen LogP contribution in [0, 0.1) is 0 Å². The highest BCUT2D eigenvalue weighted by Gasteiger charge is 2.23. The predicted octanol–water partition coefficient (Wildman–Crippen LogP) is 0.864. The average Bonchev–Trinajstić information content (AvgIpc) is 2.71. The molecule has 5 heteroatoms. The Morgan fingerprint density at radius 1 is 1.37 bits per heavy atom. The zero-order chi connectivity index (χ0) is 13.7. The van der Waals surface area contributed by atoms with Gasteiger partial charge in [-0.2, -0.15) is 0 Å². The van der Waals surface area contributed by atoms with E-state index in [2.05, 4.69) is 10.2 Å². The third-order valence-corrected chi connectivity index (χ3v) is 3.48. The smallest absolute Gasteiger partial charge is 0.145 e. The largest absolute Gasteiger partial charge is 0.497 e. The minimum atomic E-state index is 0.0739. The summed E-state index contributed by atoms with van der Waals surface area (Å²) >= 11 is 0. The van der Waals surface area contributed by atoms with Crippen LogP contribution in [-0.2, 0) is 0 Å². The van der Waals surface area contributed by atoms with Gasteiger partial charge in [-0.25, -0.2) is 0 Å². The summed E-state index contributed by atoms with van der Waals surface area (Å²) in [4.78, 5) is 2.21. The lowest BCUT2D eigenvalue weighted by Crippen LogP contribution is -2.42. The number of hydrogen-bond donors (Lipinski definition) is 2. The molecule has 1 aliphatic heterocycles. The molecule has 2 N–H and O–H groups in total. The molecule has 1 fully saturated rings. The number of aliphatic hydroxyl groups excluding tert-OH is 1. The first kappa shape index (κ1) is 14.0. The van der Waals surface area contributed by atoms with Gasteiger partial charge in [-0.3, -0.25) is 0 Å². The van der Waals surface area contributed by atoms with E-state index >= 15 is 0 Å². The number of rotatable bonds is 4. The summed E-state index contributed by atoms with van der Waals surface area (Å²) in [5.74, 6) is 1.55. The molecule has 1 saturated heterocycles. The molecule has 0 aromatic heterocycles. The van der Waals surface area contributed by atoms with Gasteiger partial charge in [-0.05, 0) is 25.1 Å². The summed E-state index contributed by atoms with van der Waals surface area (Å²) in [6, 6.07) is 5.86. The number of aliphatic hydroxyl groups is 1. The molecule has 5 nitrogen and oxygen atoms in total. The topological polar surface area (TPSA) is 54.0 Å². The van der Waals surface area contributed by atoms with Crippen LogP contribution in [0.4, 0.5) is 5.69 Å². The van der Waals surface area contributed by atoms with Crippen molar-refractivity contribution in [1.29, 1.82) is 0 Å². The van der Waals surface area contributed by atoms with Crippen molar-refractivity contribution in [1.82, 2.24) is 5.32 Å². The van der Waals surface area contributed by atoms with E-state index in [1.165, 1.54) is 0 Å². The fourth-order valence-corrected chi connectivity index (χ4v) is 2.44. The molecule has 2 rings (SSSR count). The van der Waals surface area contributed by atoms with Gasteiger partial charge in [-0.1, -0.05) is 0 Å². The van der Waals surface area contributed by atoms with Gasteiger partial charge < -0.3 is 24.8 Å². The quantitative estimate of drug-likeness (QED) is 0.847. The molecule has 1 aromatic carbocycles. The second kappa shape index (κ2) is 6.63. The summed E-state index contributed by atoms with van der Waals surface area (Å²) in [5, 5.41) is 12.9. The van der Waals surface area contributed by atoms with Crippen molar-refractivity contribution in [2.45, 2.75) is 12.5 Å². The molecule has 0 amide bonds. The minimum Gasteiger partial charge on any atom is -0.497 e. The van der Waals surface area contributed by atoms with Gasteiger partial charge in [0.05, 0.1) is 32.6 Å². The summed E-state index contributed by atoms with van der Waals surface area (Å²) in [6.45, 7) is 2.79. The normalized spacial score (nSPS) is 19.9. The van der Waals surface area contributed by atoms with Gasteiger partial charge >= 0.3 is 0 Å². The van der Waals surface area contributed by atoms with E-state index in [1.54, 1.807) is 14.2 Å². The van der Waals surface area contributed by atoms with Crippen molar-refractivity contribution in [3.05, 3.63) is 18.2 Å². The molecule has 0 saturated carbocycles. The molecular formula is C14H22N2O3. The average molecular weight is 266 g/mol. The zero-order valence-corrected chi connectivity index (χ0v) is 11.6. The first-order valence-corrected chi connectivity index (χ1v) is 6.60. The maximum absolute atomic E-state index is 9.56. The summed E-state index contributed by atoms with van der Waals surface area (Å²) in [6.07, 6.45) is 1.05. The highest BCUT2D eigenvalue weighted by molar-refractivity contribution is 5.61. The molecule has 1 aliphatic rings. The minimum absolute atomic E-state index is 0.0739. The molecule has 0 radical (unpaired) electrons. The van der Waals surface area contributed by atoms with Gasteiger partial charge in [0.25, 0.3) is 0 Å². The molecule has 1 atom stereocenters. The molecular weight excluding hydrogens is 244 g/mol. The Morgan fingerprint density at radius 2 is 2.21 bits per heavy atom. The summed E-state index contributed by atoms with van der Waals surface area (Å²) in [5.41, 5.74) is 1.01. The molecule has 1 aromatic rings. The van der Waals surface area contributed by atoms with Crippen LogP contribution in [0.3, 0.4) is 0 Å². The second-order valence-corrected chi connectivity index (χ2v) is 4.63. The zero-order valence-electron chi connectivity index (χ0n) is 11.6. The molecule has 0 bridgehead atoms.